The fourth-order valence-electron chi connectivity index (χ4n) is 2.77. The molecule has 4 nitrogen and oxygen atoms in total. The quantitative estimate of drug-likeness (QED) is 0.921. The summed E-state index contributed by atoms with van der Waals surface area (Å²) in [5.41, 5.74) is 2.81. The van der Waals surface area contributed by atoms with Gasteiger partial charge >= 0.3 is 0 Å². The SMILES string of the molecule is Cc1cc(Cl)c(NC2CCS(=O)(=O)CC2)c2cccnc12. The molecule has 21 heavy (non-hydrogen) atoms. The van der Waals surface area contributed by atoms with Crippen molar-refractivity contribution in [1.29, 1.82) is 0 Å². The highest BCUT2D eigenvalue weighted by Gasteiger charge is 2.24. The summed E-state index contributed by atoms with van der Waals surface area (Å²) < 4.78 is 23.0. The maximum Gasteiger partial charge on any atom is 0.150 e. The average Bonchev–Trinajstić information content (AvgIpc) is 2.45. The summed E-state index contributed by atoms with van der Waals surface area (Å²) in [6.45, 7) is 1.98. The van der Waals surface area contributed by atoms with Crippen LogP contribution in [0.5, 0.6) is 0 Å². The zero-order chi connectivity index (χ0) is 15.0. The van der Waals surface area contributed by atoms with Crippen molar-refractivity contribution in [3.63, 3.8) is 0 Å². The summed E-state index contributed by atoms with van der Waals surface area (Å²) in [7, 11) is -2.85. The Morgan fingerprint density at radius 1 is 1.33 bits per heavy atom. The van der Waals surface area contributed by atoms with Gasteiger partial charge in [-0.3, -0.25) is 4.98 Å². The lowest BCUT2D eigenvalue weighted by Crippen LogP contribution is -2.32. The van der Waals surface area contributed by atoms with Gasteiger partial charge in [-0.2, -0.15) is 0 Å². The van der Waals surface area contributed by atoms with Crippen LogP contribution in [0.1, 0.15) is 18.4 Å². The molecule has 0 radical (unpaired) electrons. The van der Waals surface area contributed by atoms with Crippen LogP contribution >= 0.6 is 11.6 Å². The maximum atomic E-state index is 11.5. The smallest absolute Gasteiger partial charge is 0.150 e. The fourth-order valence-corrected chi connectivity index (χ4v) is 4.58. The van der Waals surface area contributed by atoms with Gasteiger partial charge in [-0.15, -0.1) is 0 Å². The minimum atomic E-state index is -2.85. The Morgan fingerprint density at radius 2 is 2.05 bits per heavy atom. The van der Waals surface area contributed by atoms with E-state index >= 15 is 0 Å². The van der Waals surface area contributed by atoms with E-state index in [-0.39, 0.29) is 17.5 Å². The minimum absolute atomic E-state index is 0.136. The third-order valence-corrected chi connectivity index (χ3v) is 5.95. The highest BCUT2D eigenvalue weighted by atomic mass is 35.5. The molecule has 1 aromatic carbocycles. The van der Waals surface area contributed by atoms with Crippen LogP contribution in [0.3, 0.4) is 0 Å². The Bertz CT molecular complexity index is 776. The predicted molar refractivity (Wildman–Crippen MR) is 86.8 cm³/mol. The molecular weight excluding hydrogens is 308 g/mol. The standard InChI is InChI=1S/C15H17ClN2O2S/c1-10-9-13(16)15(12-3-2-6-17-14(10)12)18-11-4-7-21(19,20)8-5-11/h2-3,6,9,11,18H,4-5,7-8H2,1H3. The number of aryl methyl sites for hydroxylation is 1. The molecule has 0 spiro atoms. The van der Waals surface area contributed by atoms with Gasteiger partial charge in [-0.25, -0.2) is 8.42 Å². The summed E-state index contributed by atoms with van der Waals surface area (Å²) in [5.74, 6) is 0.481. The van der Waals surface area contributed by atoms with Crippen molar-refractivity contribution < 1.29 is 8.42 Å². The van der Waals surface area contributed by atoms with Crippen molar-refractivity contribution in [2.24, 2.45) is 0 Å². The number of hydrogen-bond donors (Lipinski definition) is 1. The lowest BCUT2D eigenvalue weighted by Gasteiger charge is -2.25. The van der Waals surface area contributed by atoms with Crippen LogP contribution < -0.4 is 5.32 Å². The van der Waals surface area contributed by atoms with E-state index in [2.05, 4.69) is 10.3 Å². The molecule has 1 N–H and O–H groups in total. The Hall–Kier alpha value is -1.33. The molecule has 0 bridgehead atoms. The van der Waals surface area contributed by atoms with Crippen molar-refractivity contribution in [1.82, 2.24) is 4.98 Å². The molecule has 0 saturated carbocycles. The van der Waals surface area contributed by atoms with Crippen molar-refractivity contribution in [3.05, 3.63) is 35.0 Å². The lowest BCUT2D eigenvalue weighted by atomic mass is 10.1. The molecule has 2 aromatic rings. The summed E-state index contributed by atoms with van der Waals surface area (Å²) in [4.78, 5) is 4.40. The van der Waals surface area contributed by atoms with E-state index in [9.17, 15) is 8.42 Å². The molecule has 0 aliphatic carbocycles. The maximum absolute atomic E-state index is 11.5. The van der Waals surface area contributed by atoms with Crippen molar-refractivity contribution in [3.8, 4) is 0 Å². The zero-order valence-corrected chi connectivity index (χ0v) is 13.3. The van der Waals surface area contributed by atoms with Gasteiger partial charge in [0.05, 0.1) is 27.7 Å². The second-order valence-corrected chi connectivity index (χ2v) is 8.23. The average molecular weight is 325 g/mol. The van der Waals surface area contributed by atoms with Gasteiger partial charge in [-0.1, -0.05) is 11.6 Å². The van der Waals surface area contributed by atoms with Gasteiger partial charge in [0.25, 0.3) is 0 Å². The predicted octanol–water partition coefficient (Wildman–Crippen LogP) is 3.19. The van der Waals surface area contributed by atoms with Gasteiger partial charge < -0.3 is 5.32 Å². The number of rotatable bonds is 2. The van der Waals surface area contributed by atoms with E-state index in [0.29, 0.717) is 17.9 Å². The van der Waals surface area contributed by atoms with Gasteiger partial charge in [0.2, 0.25) is 0 Å². The van der Waals surface area contributed by atoms with Crippen LogP contribution in [0.15, 0.2) is 24.4 Å². The highest BCUT2D eigenvalue weighted by Crippen LogP contribution is 2.34. The van der Waals surface area contributed by atoms with Crippen LogP contribution in [0.25, 0.3) is 10.9 Å². The van der Waals surface area contributed by atoms with Crippen LogP contribution in [-0.2, 0) is 9.84 Å². The molecule has 1 saturated heterocycles. The largest absolute Gasteiger partial charge is 0.380 e. The summed E-state index contributed by atoms with van der Waals surface area (Å²) in [6, 6.07) is 5.91. The number of sulfone groups is 1. The van der Waals surface area contributed by atoms with Crippen LogP contribution in [-0.4, -0.2) is 30.9 Å². The van der Waals surface area contributed by atoms with E-state index in [1.165, 1.54) is 0 Å². The molecule has 1 aromatic heterocycles. The van der Waals surface area contributed by atoms with E-state index < -0.39 is 9.84 Å². The number of nitrogens with one attached hydrogen (secondary N) is 1. The highest BCUT2D eigenvalue weighted by molar-refractivity contribution is 7.91. The minimum Gasteiger partial charge on any atom is -0.380 e. The Labute approximate surface area is 129 Å². The number of benzene rings is 1. The number of nitrogens with zero attached hydrogens (tertiary/aromatic N) is 1. The molecule has 3 rings (SSSR count). The van der Waals surface area contributed by atoms with Gasteiger partial charge in [-0.05, 0) is 43.5 Å². The van der Waals surface area contributed by atoms with E-state index in [1.807, 2.05) is 25.1 Å². The molecule has 0 unspecified atom stereocenters. The molecule has 2 heterocycles. The van der Waals surface area contributed by atoms with Gasteiger partial charge in [0, 0.05) is 17.6 Å². The Balaban J connectivity index is 1.94. The van der Waals surface area contributed by atoms with Gasteiger partial charge in [0.1, 0.15) is 9.84 Å². The van der Waals surface area contributed by atoms with Crippen LogP contribution in [0.2, 0.25) is 5.02 Å². The summed E-state index contributed by atoms with van der Waals surface area (Å²) >= 11 is 6.38. The van der Waals surface area contributed by atoms with Crippen molar-refractivity contribution in [2.45, 2.75) is 25.8 Å². The van der Waals surface area contributed by atoms with Gasteiger partial charge in [0.15, 0.2) is 0 Å². The Morgan fingerprint density at radius 3 is 2.76 bits per heavy atom. The number of anilines is 1. The van der Waals surface area contributed by atoms with Crippen molar-refractivity contribution >= 4 is 38.0 Å². The van der Waals surface area contributed by atoms with E-state index in [1.54, 1.807) is 6.20 Å². The zero-order valence-electron chi connectivity index (χ0n) is 11.8. The third-order valence-electron chi connectivity index (χ3n) is 3.94. The molecule has 0 amide bonds. The molecule has 0 atom stereocenters. The van der Waals surface area contributed by atoms with Crippen molar-refractivity contribution in [2.75, 3.05) is 16.8 Å². The second-order valence-electron chi connectivity index (χ2n) is 5.52. The monoisotopic (exact) mass is 324 g/mol. The first-order chi connectivity index (χ1) is 9.96. The van der Waals surface area contributed by atoms with E-state index in [4.69, 9.17) is 11.6 Å². The molecule has 1 fully saturated rings. The van der Waals surface area contributed by atoms with Crippen LogP contribution in [0, 0.1) is 6.92 Å². The lowest BCUT2D eigenvalue weighted by molar-refractivity contribution is 0.560. The first-order valence-electron chi connectivity index (χ1n) is 6.97. The number of halogens is 1. The molecule has 1 aliphatic heterocycles. The second kappa shape index (κ2) is 5.46. The van der Waals surface area contributed by atoms with E-state index in [0.717, 1.165) is 22.2 Å². The first kappa shape index (κ1) is 14.6. The number of aromatic nitrogens is 1. The number of pyridine rings is 1. The summed E-state index contributed by atoms with van der Waals surface area (Å²) in [5, 5.41) is 5.06. The third kappa shape index (κ3) is 2.99. The molecule has 1 aliphatic rings. The molecule has 112 valence electrons. The first-order valence-corrected chi connectivity index (χ1v) is 9.17. The van der Waals surface area contributed by atoms with Crippen LogP contribution in [0.4, 0.5) is 5.69 Å². The number of hydrogen-bond acceptors (Lipinski definition) is 4. The Kier molecular flexibility index (Phi) is 3.80. The number of fused-ring (bicyclic) bond motifs is 1. The molecule has 6 heteroatoms. The fraction of sp³-hybridized carbons (Fsp3) is 0.400. The molecular formula is C15H17ClN2O2S. The summed E-state index contributed by atoms with van der Waals surface area (Å²) in [6.07, 6.45) is 3.00. The normalized spacial score (nSPS) is 18.8. The topological polar surface area (TPSA) is 59.1 Å².